The summed E-state index contributed by atoms with van der Waals surface area (Å²) in [6.45, 7) is 8.91. The summed E-state index contributed by atoms with van der Waals surface area (Å²) in [4.78, 5) is 33.3. The lowest BCUT2D eigenvalue weighted by Crippen LogP contribution is -2.46. The van der Waals surface area contributed by atoms with E-state index in [9.17, 15) is 9.59 Å². The van der Waals surface area contributed by atoms with E-state index in [-0.39, 0.29) is 18.1 Å². The SMILES string of the molecule is Cc1cc(C)n(CC(=O)N2CCCC(CN3CCCCC3)C2)c(=O)n1. The highest BCUT2D eigenvalue weighted by molar-refractivity contribution is 5.76. The van der Waals surface area contributed by atoms with Crippen LogP contribution in [0.1, 0.15) is 43.5 Å². The molecule has 1 aromatic heterocycles. The molecule has 1 aromatic rings. The zero-order valence-electron chi connectivity index (χ0n) is 15.5. The lowest BCUT2D eigenvalue weighted by Gasteiger charge is -2.37. The number of likely N-dealkylation sites (tertiary alicyclic amines) is 2. The van der Waals surface area contributed by atoms with Crippen LogP contribution >= 0.6 is 0 Å². The second-order valence-electron chi connectivity index (χ2n) is 7.62. The average molecular weight is 346 g/mol. The Labute approximate surface area is 149 Å². The van der Waals surface area contributed by atoms with Gasteiger partial charge < -0.3 is 9.80 Å². The van der Waals surface area contributed by atoms with Crippen molar-refractivity contribution >= 4 is 5.91 Å². The Balaban J connectivity index is 1.59. The highest BCUT2D eigenvalue weighted by atomic mass is 16.2. The van der Waals surface area contributed by atoms with Crippen LogP contribution in [0.4, 0.5) is 0 Å². The summed E-state index contributed by atoms with van der Waals surface area (Å²) >= 11 is 0. The summed E-state index contributed by atoms with van der Waals surface area (Å²) in [5.41, 5.74) is 1.17. The highest BCUT2D eigenvalue weighted by Crippen LogP contribution is 2.20. The van der Waals surface area contributed by atoms with E-state index in [1.165, 1.54) is 43.3 Å². The first kappa shape index (κ1) is 18.1. The molecule has 0 bridgehead atoms. The smallest absolute Gasteiger partial charge is 0.341 e. The van der Waals surface area contributed by atoms with Crippen LogP contribution in [0.5, 0.6) is 0 Å². The summed E-state index contributed by atoms with van der Waals surface area (Å²) in [5, 5.41) is 0. The summed E-state index contributed by atoms with van der Waals surface area (Å²) in [6.07, 6.45) is 6.22. The average Bonchev–Trinajstić information content (AvgIpc) is 2.59. The Kier molecular flexibility index (Phi) is 5.89. The predicted octanol–water partition coefficient (Wildman–Crippen LogP) is 1.58. The van der Waals surface area contributed by atoms with Crippen LogP contribution < -0.4 is 5.69 Å². The molecule has 1 unspecified atom stereocenters. The van der Waals surface area contributed by atoms with Gasteiger partial charge in [-0.25, -0.2) is 4.79 Å². The molecule has 6 nitrogen and oxygen atoms in total. The maximum absolute atomic E-state index is 12.7. The van der Waals surface area contributed by atoms with Gasteiger partial charge in [0, 0.05) is 31.0 Å². The van der Waals surface area contributed by atoms with E-state index in [0.29, 0.717) is 11.6 Å². The van der Waals surface area contributed by atoms with Gasteiger partial charge in [-0.2, -0.15) is 4.98 Å². The van der Waals surface area contributed by atoms with Crippen LogP contribution in [-0.4, -0.2) is 58.0 Å². The largest absolute Gasteiger partial charge is 0.348 e. The lowest BCUT2D eigenvalue weighted by atomic mass is 9.96. The molecule has 0 aromatic carbocycles. The van der Waals surface area contributed by atoms with E-state index in [4.69, 9.17) is 0 Å². The summed E-state index contributed by atoms with van der Waals surface area (Å²) in [5.74, 6) is 0.601. The van der Waals surface area contributed by atoms with Crippen LogP contribution in [0.3, 0.4) is 0 Å². The number of hydrogen-bond acceptors (Lipinski definition) is 4. The Morgan fingerprint density at radius 2 is 1.92 bits per heavy atom. The number of piperidine rings is 2. The Morgan fingerprint density at radius 1 is 1.16 bits per heavy atom. The van der Waals surface area contributed by atoms with E-state index in [2.05, 4.69) is 9.88 Å². The van der Waals surface area contributed by atoms with Gasteiger partial charge in [0.05, 0.1) is 0 Å². The van der Waals surface area contributed by atoms with Crippen molar-refractivity contribution in [1.29, 1.82) is 0 Å². The number of carbonyl (C=O) groups excluding carboxylic acids is 1. The highest BCUT2D eigenvalue weighted by Gasteiger charge is 2.26. The summed E-state index contributed by atoms with van der Waals surface area (Å²) < 4.78 is 1.49. The fourth-order valence-corrected chi connectivity index (χ4v) is 4.15. The normalized spacial score (nSPS) is 22.2. The topological polar surface area (TPSA) is 58.4 Å². The molecule has 0 saturated carbocycles. The number of hydrogen-bond donors (Lipinski definition) is 0. The van der Waals surface area contributed by atoms with Crippen molar-refractivity contribution in [2.45, 2.75) is 52.5 Å². The van der Waals surface area contributed by atoms with Gasteiger partial charge in [0.1, 0.15) is 6.54 Å². The van der Waals surface area contributed by atoms with Gasteiger partial charge in [-0.05, 0) is 64.6 Å². The molecule has 0 aliphatic carbocycles. The Morgan fingerprint density at radius 3 is 2.64 bits per heavy atom. The molecule has 6 heteroatoms. The molecule has 2 saturated heterocycles. The Bertz CT molecular complexity index is 664. The fraction of sp³-hybridized carbons (Fsp3) is 0.737. The molecule has 1 atom stereocenters. The number of rotatable bonds is 4. The van der Waals surface area contributed by atoms with E-state index in [0.717, 1.165) is 31.7 Å². The van der Waals surface area contributed by atoms with E-state index < -0.39 is 0 Å². The van der Waals surface area contributed by atoms with Crippen molar-refractivity contribution in [3.8, 4) is 0 Å². The van der Waals surface area contributed by atoms with Crippen LogP contribution in [-0.2, 0) is 11.3 Å². The molecule has 2 fully saturated rings. The maximum Gasteiger partial charge on any atom is 0.348 e. The minimum atomic E-state index is -0.326. The van der Waals surface area contributed by atoms with Gasteiger partial charge in [0.25, 0.3) is 0 Å². The van der Waals surface area contributed by atoms with Crippen molar-refractivity contribution < 1.29 is 4.79 Å². The Hall–Kier alpha value is -1.69. The first-order valence-electron chi connectivity index (χ1n) is 9.58. The molecular weight excluding hydrogens is 316 g/mol. The molecular formula is C19H30N4O2. The lowest BCUT2D eigenvalue weighted by molar-refractivity contribution is -0.133. The molecule has 2 aliphatic rings. The molecule has 0 N–H and O–H groups in total. The van der Waals surface area contributed by atoms with Crippen molar-refractivity contribution in [2.24, 2.45) is 5.92 Å². The summed E-state index contributed by atoms with van der Waals surface area (Å²) in [7, 11) is 0. The van der Waals surface area contributed by atoms with E-state index in [1.54, 1.807) is 6.92 Å². The van der Waals surface area contributed by atoms with Gasteiger partial charge in [0.15, 0.2) is 0 Å². The standard InChI is InChI=1S/C19H30N4O2/c1-15-11-16(2)23(19(25)20-15)14-18(24)22-10-6-7-17(13-22)12-21-8-4-3-5-9-21/h11,17H,3-10,12-14H2,1-2H3. The first-order valence-corrected chi connectivity index (χ1v) is 9.58. The molecule has 2 aliphatic heterocycles. The minimum absolute atomic E-state index is 0.0409. The number of aromatic nitrogens is 2. The number of carbonyl (C=O) groups is 1. The molecule has 0 radical (unpaired) electrons. The number of aryl methyl sites for hydroxylation is 2. The van der Waals surface area contributed by atoms with Crippen LogP contribution in [0.25, 0.3) is 0 Å². The zero-order valence-corrected chi connectivity index (χ0v) is 15.5. The van der Waals surface area contributed by atoms with Crippen molar-refractivity contribution in [3.05, 3.63) is 27.9 Å². The van der Waals surface area contributed by atoms with Gasteiger partial charge in [-0.15, -0.1) is 0 Å². The molecule has 3 rings (SSSR count). The van der Waals surface area contributed by atoms with E-state index in [1.807, 2.05) is 17.9 Å². The van der Waals surface area contributed by atoms with Gasteiger partial charge >= 0.3 is 5.69 Å². The second kappa shape index (κ2) is 8.13. The molecule has 138 valence electrons. The van der Waals surface area contributed by atoms with Gasteiger partial charge in [-0.3, -0.25) is 9.36 Å². The molecule has 3 heterocycles. The van der Waals surface area contributed by atoms with Crippen LogP contribution in [0, 0.1) is 19.8 Å². The van der Waals surface area contributed by atoms with Crippen molar-refractivity contribution in [3.63, 3.8) is 0 Å². The predicted molar refractivity (Wildman–Crippen MR) is 97.6 cm³/mol. The second-order valence-corrected chi connectivity index (χ2v) is 7.62. The third kappa shape index (κ3) is 4.69. The molecule has 0 spiro atoms. The number of amides is 1. The van der Waals surface area contributed by atoms with Gasteiger partial charge in [0.2, 0.25) is 5.91 Å². The zero-order chi connectivity index (χ0) is 17.8. The van der Waals surface area contributed by atoms with Gasteiger partial charge in [-0.1, -0.05) is 6.42 Å². The van der Waals surface area contributed by atoms with Crippen molar-refractivity contribution in [1.82, 2.24) is 19.4 Å². The van der Waals surface area contributed by atoms with Crippen molar-refractivity contribution in [2.75, 3.05) is 32.7 Å². The minimum Gasteiger partial charge on any atom is -0.341 e. The maximum atomic E-state index is 12.7. The molecule has 25 heavy (non-hydrogen) atoms. The third-order valence-corrected chi connectivity index (χ3v) is 5.48. The third-order valence-electron chi connectivity index (χ3n) is 5.48. The van der Waals surface area contributed by atoms with Crippen LogP contribution in [0.2, 0.25) is 0 Å². The first-order chi connectivity index (χ1) is 12.0. The monoisotopic (exact) mass is 346 g/mol. The van der Waals surface area contributed by atoms with Crippen LogP contribution in [0.15, 0.2) is 10.9 Å². The quantitative estimate of drug-likeness (QED) is 0.831. The number of nitrogens with zero attached hydrogens (tertiary/aromatic N) is 4. The molecule has 1 amide bonds. The fourth-order valence-electron chi connectivity index (χ4n) is 4.15. The van der Waals surface area contributed by atoms with E-state index >= 15 is 0 Å². The summed E-state index contributed by atoms with van der Waals surface area (Å²) in [6, 6.07) is 1.85.